The summed E-state index contributed by atoms with van der Waals surface area (Å²) in [7, 11) is 1.56. The van der Waals surface area contributed by atoms with Gasteiger partial charge in [0.05, 0.1) is 6.61 Å². The Morgan fingerprint density at radius 3 is 2.37 bits per heavy atom. The molecule has 1 unspecified atom stereocenters. The number of hydrogen-bond donors (Lipinski definition) is 0. The number of Topliss-reactive ketones (excluding diaryl/α,β-unsaturated/α-hetero) is 1. The van der Waals surface area contributed by atoms with Crippen LogP contribution in [0.4, 0.5) is 0 Å². The first-order valence-corrected chi connectivity index (χ1v) is 6.85. The Hall–Kier alpha value is -1.33. The standard InChI is InChI=1S/C14H18O4S/c1-10(15)12-4-6-13(7-5-12)19-11(2)14(16)18-9-8-17-3/h4-7,11H,8-9H2,1-3H3. The summed E-state index contributed by atoms with van der Waals surface area (Å²) >= 11 is 1.40. The van der Waals surface area contributed by atoms with Gasteiger partial charge in [0.25, 0.3) is 0 Å². The van der Waals surface area contributed by atoms with E-state index in [1.807, 2.05) is 12.1 Å². The van der Waals surface area contributed by atoms with Crippen LogP contribution in [-0.2, 0) is 14.3 Å². The van der Waals surface area contributed by atoms with E-state index in [1.165, 1.54) is 18.7 Å². The van der Waals surface area contributed by atoms with Crippen LogP contribution in [0.15, 0.2) is 29.2 Å². The highest BCUT2D eigenvalue weighted by Crippen LogP contribution is 2.24. The minimum absolute atomic E-state index is 0.0311. The van der Waals surface area contributed by atoms with Crippen LogP contribution in [0.25, 0.3) is 0 Å². The Morgan fingerprint density at radius 2 is 1.84 bits per heavy atom. The van der Waals surface area contributed by atoms with Crippen molar-refractivity contribution >= 4 is 23.5 Å². The topological polar surface area (TPSA) is 52.6 Å². The van der Waals surface area contributed by atoms with Crippen LogP contribution in [0, 0.1) is 0 Å². The molecule has 1 atom stereocenters. The molecule has 1 aromatic rings. The van der Waals surface area contributed by atoms with E-state index >= 15 is 0 Å². The predicted octanol–water partition coefficient (Wildman–Crippen LogP) is 2.56. The van der Waals surface area contributed by atoms with Crippen molar-refractivity contribution < 1.29 is 19.1 Å². The zero-order valence-corrected chi connectivity index (χ0v) is 12.2. The molecule has 0 aliphatic carbocycles. The maximum absolute atomic E-state index is 11.6. The number of carbonyl (C=O) groups is 2. The van der Waals surface area contributed by atoms with E-state index in [2.05, 4.69) is 0 Å². The quantitative estimate of drug-likeness (QED) is 0.333. The number of benzene rings is 1. The average Bonchev–Trinajstić information content (AvgIpc) is 2.39. The number of ketones is 1. The lowest BCUT2D eigenvalue weighted by Gasteiger charge is -2.11. The third kappa shape index (κ3) is 5.44. The van der Waals surface area contributed by atoms with Crippen molar-refractivity contribution in [3.8, 4) is 0 Å². The van der Waals surface area contributed by atoms with Gasteiger partial charge in [-0.3, -0.25) is 9.59 Å². The summed E-state index contributed by atoms with van der Waals surface area (Å²) in [6.45, 7) is 3.98. The van der Waals surface area contributed by atoms with E-state index in [0.717, 1.165) is 4.90 Å². The second-order valence-electron chi connectivity index (χ2n) is 4.00. The maximum atomic E-state index is 11.6. The molecule has 5 heteroatoms. The SMILES string of the molecule is COCCOC(=O)C(C)Sc1ccc(C(C)=O)cc1. The van der Waals surface area contributed by atoms with Crippen LogP contribution in [0.2, 0.25) is 0 Å². The summed E-state index contributed by atoms with van der Waals surface area (Å²) in [5.74, 6) is -0.235. The molecule has 1 rings (SSSR count). The molecule has 0 amide bonds. The highest BCUT2D eigenvalue weighted by molar-refractivity contribution is 8.00. The van der Waals surface area contributed by atoms with Crippen LogP contribution >= 0.6 is 11.8 Å². The van der Waals surface area contributed by atoms with E-state index in [9.17, 15) is 9.59 Å². The zero-order valence-electron chi connectivity index (χ0n) is 11.3. The number of thioether (sulfide) groups is 1. The average molecular weight is 282 g/mol. The molecule has 0 aromatic heterocycles. The highest BCUT2D eigenvalue weighted by atomic mass is 32.2. The minimum atomic E-state index is -0.292. The third-order valence-corrected chi connectivity index (χ3v) is 3.53. The first-order chi connectivity index (χ1) is 9.04. The molecule has 19 heavy (non-hydrogen) atoms. The third-order valence-electron chi connectivity index (χ3n) is 2.44. The molecular weight excluding hydrogens is 264 g/mol. The molecule has 0 aliphatic heterocycles. The number of hydrogen-bond acceptors (Lipinski definition) is 5. The highest BCUT2D eigenvalue weighted by Gasteiger charge is 2.15. The molecule has 104 valence electrons. The Kier molecular flexibility index (Phi) is 6.59. The summed E-state index contributed by atoms with van der Waals surface area (Å²) in [4.78, 5) is 23.7. The summed E-state index contributed by atoms with van der Waals surface area (Å²) in [6.07, 6.45) is 0. The number of esters is 1. The fourth-order valence-electron chi connectivity index (χ4n) is 1.36. The van der Waals surface area contributed by atoms with Gasteiger partial charge < -0.3 is 9.47 Å². The van der Waals surface area contributed by atoms with Crippen LogP contribution in [0.5, 0.6) is 0 Å². The molecule has 0 radical (unpaired) electrons. The molecule has 4 nitrogen and oxygen atoms in total. The maximum Gasteiger partial charge on any atom is 0.319 e. The molecule has 1 aromatic carbocycles. The first kappa shape index (κ1) is 15.7. The Balaban J connectivity index is 2.49. The number of carbonyl (C=O) groups excluding carboxylic acids is 2. The van der Waals surface area contributed by atoms with Gasteiger partial charge in [0.2, 0.25) is 0 Å². The molecular formula is C14H18O4S. The number of rotatable bonds is 7. The van der Waals surface area contributed by atoms with E-state index in [4.69, 9.17) is 9.47 Å². The Bertz CT molecular complexity index is 428. The van der Waals surface area contributed by atoms with Crippen molar-refractivity contribution in [2.45, 2.75) is 24.0 Å². The summed E-state index contributed by atoms with van der Waals surface area (Å²) < 4.78 is 9.85. The first-order valence-electron chi connectivity index (χ1n) is 5.98. The van der Waals surface area contributed by atoms with Crippen molar-refractivity contribution in [3.63, 3.8) is 0 Å². The molecule has 0 N–H and O–H groups in total. The minimum Gasteiger partial charge on any atom is -0.462 e. The van der Waals surface area contributed by atoms with E-state index in [0.29, 0.717) is 12.2 Å². The fraction of sp³-hybridized carbons (Fsp3) is 0.429. The largest absolute Gasteiger partial charge is 0.462 e. The van der Waals surface area contributed by atoms with Crippen molar-refractivity contribution in [2.24, 2.45) is 0 Å². The smallest absolute Gasteiger partial charge is 0.319 e. The lowest BCUT2D eigenvalue weighted by Crippen LogP contribution is -2.19. The van der Waals surface area contributed by atoms with E-state index in [-0.39, 0.29) is 23.6 Å². The normalized spacial score (nSPS) is 11.9. The van der Waals surface area contributed by atoms with Crippen molar-refractivity contribution in [1.82, 2.24) is 0 Å². The van der Waals surface area contributed by atoms with Gasteiger partial charge in [-0.25, -0.2) is 0 Å². The fourth-order valence-corrected chi connectivity index (χ4v) is 2.23. The lowest BCUT2D eigenvalue weighted by molar-refractivity contribution is -0.143. The second-order valence-corrected chi connectivity index (χ2v) is 5.42. The Morgan fingerprint density at radius 1 is 1.21 bits per heavy atom. The molecule has 0 bridgehead atoms. The van der Waals surface area contributed by atoms with Gasteiger partial charge >= 0.3 is 5.97 Å². The van der Waals surface area contributed by atoms with Gasteiger partial charge in [0.15, 0.2) is 5.78 Å². The van der Waals surface area contributed by atoms with E-state index < -0.39 is 0 Å². The van der Waals surface area contributed by atoms with Crippen molar-refractivity contribution in [2.75, 3.05) is 20.3 Å². The number of ether oxygens (including phenoxy) is 2. The van der Waals surface area contributed by atoms with E-state index in [1.54, 1.807) is 26.2 Å². The van der Waals surface area contributed by atoms with Gasteiger partial charge in [-0.1, -0.05) is 12.1 Å². The molecule has 0 saturated heterocycles. The zero-order chi connectivity index (χ0) is 14.3. The van der Waals surface area contributed by atoms with Crippen LogP contribution in [0.3, 0.4) is 0 Å². The summed E-state index contributed by atoms with van der Waals surface area (Å²) in [5, 5.41) is -0.292. The monoisotopic (exact) mass is 282 g/mol. The Labute approximate surface area is 117 Å². The van der Waals surface area contributed by atoms with Gasteiger partial charge in [-0.2, -0.15) is 0 Å². The van der Waals surface area contributed by atoms with Crippen molar-refractivity contribution in [3.05, 3.63) is 29.8 Å². The number of methoxy groups -OCH3 is 1. The van der Waals surface area contributed by atoms with Crippen LogP contribution < -0.4 is 0 Å². The molecule has 0 fully saturated rings. The van der Waals surface area contributed by atoms with Crippen LogP contribution in [0.1, 0.15) is 24.2 Å². The molecule has 0 heterocycles. The van der Waals surface area contributed by atoms with Gasteiger partial charge in [-0.05, 0) is 26.0 Å². The lowest BCUT2D eigenvalue weighted by atomic mass is 10.2. The van der Waals surface area contributed by atoms with Crippen LogP contribution in [-0.4, -0.2) is 37.3 Å². The molecule has 0 spiro atoms. The molecule has 0 aliphatic rings. The van der Waals surface area contributed by atoms with Gasteiger partial charge in [0.1, 0.15) is 11.9 Å². The summed E-state index contributed by atoms with van der Waals surface area (Å²) in [6, 6.07) is 7.18. The van der Waals surface area contributed by atoms with Gasteiger partial charge in [0, 0.05) is 17.6 Å². The van der Waals surface area contributed by atoms with Crippen molar-refractivity contribution in [1.29, 1.82) is 0 Å². The second kappa shape index (κ2) is 7.96. The molecule has 0 saturated carbocycles. The predicted molar refractivity (Wildman–Crippen MR) is 74.6 cm³/mol. The van der Waals surface area contributed by atoms with Gasteiger partial charge in [-0.15, -0.1) is 11.8 Å². The summed E-state index contributed by atoms with van der Waals surface area (Å²) in [5.41, 5.74) is 0.666.